The summed E-state index contributed by atoms with van der Waals surface area (Å²) in [5, 5.41) is 15.7. The van der Waals surface area contributed by atoms with Crippen LogP contribution in [0.15, 0.2) is 24.3 Å². The van der Waals surface area contributed by atoms with Crippen LogP contribution in [0.3, 0.4) is 0 Å². The van der Waals surface area contributed by atoms with Crippen molar-refractivity contribution in [2.24, 2.45) is 0 Å². The van der Waals surface area contributed by atoms with Crippen LogP contribution >= 0.6 is 0 Å². The highest BCUT2D eigenvalue weighted by molar-refractivity contribution is 5.89. The zero-order valence-electron chi connectivity index (χ0n) is 8.77. The molecule has 82 valence electrons. The van der Waals surface area contributed by atoms with Crippen LogP contribution < -0.4 is 0 Å². The number of nitrogens with zero attached hydrogens (tertiary/aromatic N) is 2. The molecule has 0 aliphatic heterocycles. The SMILES string of the molecule is Cc1nc(Cc2ccccc2C(=O)O)n[nH]1. The van der Waals surface area contributed by atoms with E-state index in [0.717, 1.165) is 5.82 Å². The first-order valence-electron chi connectivity index (χ1n) is 4.86. The number of aromatic carboxylic acids is 1. The van der Waals surface area contributed by atoms with E-state index in [1.807, 2.05) is 0 Å². The Labute approximate surface area is 92.2 Å². The number of hydrogen-bond acceptors (Lipinski definition) is 3. The summed E-state index contributed by atoms with van der Waals surface area (Å²) < 4.78 is 0. The summed E-state index contributed by atoms with van der Waals surface area (Å²) in [6.07, 6.45) is 0.423. The van der Waals surface area contributed by atoms with Crippen LogP contribution in [0.4, 0.5) is 0 Å². The van der Waals surface area contributed by atoms with Crippen molar-refractivity contribution < 1.29 is 9.90 Å². The second-order valence-corrected chi connectivity index (χ2v) is 3.48. The minimum atomic E-state index is -0.928. The number of nitrogens with one attached hydrogen (secondary N) is 1. The molecule has 0 saturated heterocycles. The molecule has 2 rings (SSSR count). The lowest BCUT2D eigenvalue weighted by molar-refractivity contribution is 0.0696. The van der Waals surface area contributed by atoms with E-state index in [1.165, 1.54) is 0 Å². The van der Waals surface area contributed by atoms with E-state index in [0.29, 0.717) is 23.4 Å². The Morgan fingerprint density at radius 3 is 2.81 bits per heavy atom. The highest BCUT2D eigenvalue weighted by Gasteiger charge is 2.11. The molecule has 0 amide bonds. The van der Waals surface area contributed by atoms with Gasteiger partial charge in [-0.3, -0.25) is 5.10 Å². The predicted octanol–water partition coefficient (Wildman–Crippen LogP) is 1.40. The van der Waals surface area contributed by atoms with Crippen molar-refractivity contribution >= 4 is 5.97 Å². The van der Waals surface area contributed by atoms with Crippen LogP contribution in [0, 0.1) is 6.92 Å². The summed E-state index contributed by atoms with van der Waals surface area (Å²) >= 11 is 0. The van der Waals surface area contributed by atoms with Crippen LogP contribution in [-0.2, 0) is 6.42 Å². The molecule has 0 fully saturated rings. The molecule has 2 N–H and O–H groups in total. The van der Waals surface area contributed by atoms with E-state index in [2.05, 4.69) is 15.2 Å². The average molecular weight is 217 g/mol. The quantitative estimate of drug-likeness (QED) is 0.814. The van der Waals surface area contributed by atoms with Gasteiger partial charge in [0.25, 0.3) is 0 Å². The maximum atomic E-state index is 11.0. The molecule has 0 bridgehead atoms. The number of carbonyl (C=O) groups is 1. The average Bonchev–Trinajstić information content (AvgIpc) is 2.64. The Balaban J connectivity index is 2.31. The minimum Gasteiger partial charge on any atom is -0.478 e. The summed E-state index contributed by atoms with van der Waals surface area (Å²) in [5.41, 5.74) is 1.01. The lowest BCUT2D eigenvalue weighted by atomic mass is 10.0. The Hall–Kier alpha value is -2.17. The van der Waals surface area contributed by atoms with Crippen LogP contribution in [0.25, 0.3) is 0 Å². The van der Waals surface area contributed by atoms with Crippen LogP contribution in [-0.4, -0.2) is 26.3 Å². The molecule has 0 saturated carbocycles. The topological polar surface area (TPSA) is 78.9 Å². The van der Waals surface area contributed by atoms with Gasteiger partial charge in [-0.25, -0.2) is 9.78 Å². The third-order valence-electron chi connectivity index (χ3n) is 2.24. The number of carboxylic acids is 1. The number of aromatic nitrogens is 3. The van der Waals surface area contributed by atoms with E-state index < -0.39 is 5.97 Å². The molecule has 2 aromatic rings. The van der Waals surface area contributed by atoms with Gasteiger partial charge in [-0.05, 0) is 18.6 Å². The highest BCUT2D eigenvalue weighted by Crippen LogP contribution is 2.12. The van der Waals surface area contributed by atoms with Crippen molar-refractivity contribution in [1.82, 2.24) is 15.2 Å². The second kappa shape index (κ2) is 4.14. The summed E-state index contributed by atoms with van der Waals surface area (Å²) in [5.74, 6) is 0.400. The molecule has 0 spiro atoms. The van der Waals surface area contributed by atoms with Gasteiger partial charge < -0.3 is 5.11 Å². The summed E-state index contributed by atoms with van der Waals surface area (Å²) in [4.78, 5) is 15.1. The first-order chi connectivity index (χ1) is 7.66. The zero-order valence-corrected chi connectivity index (χ0v) is 8.77. The molecular weight excluding hydrogens is 206 g/mol. The van der Waals surface area contributed by atoms with E-state index in [-0.39, 0.29) is 0 Å². The van der Waals surface area contributed by atoms with E-state index in [1.54, 1.807) is 31.2 Å². The molecule has 1 aromatic carbocycles. The number of aryl methyl sites for hydroxylation is 1. The smallest absolute Gasteiger partial charge is 0.335 e. The van der Waals surface area contributed by atoms with Crippen LogP contribution in [0.2, 0.25) is 0 Å². The number of rotatable bonds is 3. The molecule has 0 atom stereocenters. The summed E-state index contributed by atoms with van der Waals surface area (Å²) in [6, 6.07) is 6.86. The fraction of sp³-hybridized carbons (Fsp3) is 0.182. The number of aromatic amines is 1. The normalized spacial score (nSPS) is 10.3. The summed E-state index contributed by atoms with van der Waals surface area (Å²) in [6.45, 7) is 1.81. The van der Waals surface area contributed by atoms with Gasteiger partial charge in [0.1, 0.15) is 5.82 Å². The molecule has 5 nitrogen and oxygen atoms in total. The van der Waals surface area contributed by atoms with Gasteiger partial charge in [-0.15, -0.1) is 0 Å². The lowest BCUT2D eigenvalue weighted by Crippen LogP contribution is -2.03. The number of H-pyrrole nitrogens is 1. The molecular formula is C11H11N3O2. The van der Waals surface area contributed by atoms with Gasteiger partial charge in [-0.2, -0.15) is 5.10 Å². The number of carboxylic acid groups (broad SMARTS) is 1. The zero-order chi connectivity index (χ0) is 11.5. The highest BCUT2D eigenvalue weighted by atomic mass is 16.4. The van der Waals surface area contributed by atoms with Crippen molar-refractivity contribution in [3.05, 3.63) is 47.0 Å². The van der Waals surface area contributed by atoms with Crippen LogP contribution in [0.5, 0.6) is 0 Å². The maximum Gasteiger partial charge on any atom is 0.335 e. The second-order valence-electron chi connectivity index (χ2n) is 3.48. The summed E-state index contributed by atoms with van der Waals surface area (Å²) in [7, 11) is 0. The van der Waals surface area contributed by atoms with Crippen molar-refractivity contribution in [2.75, 3.05) is 0 Å². The maximum absolute atomic E-state index is 11.0. The lowest BCUT2D eigenvalue weighted by Gasteiger charge is -2.02. The molecule has 16 heavy (non-hydrogen) atoms. The monoisotopic (exact) mass is 217 g/mol. The largest absolute Gasteiger partial charge is 0.478 e. The third-order valence-corrected chi connectivity index (χ3v) is 2.24. The Morgan fingerprint density at radius 1 is 1.44 bits per heavy atom. The molecule has 5 heteroatoms. The van der Waals surface area contributed by atoms with Crippen molar-refractivity contribution in [1.29, 1.82) is 0 Å². The predicted molar refractivity (Wildman–Crippen MR) is 57.3 cm³/mol. The van der Waals surface area contributed by atoms with E-state index in [9.17, 15) is 4.79 Å². The van der Waals surface area contributed by atoms with Gasteiger partial charge in [-0.1, -0.05) is 18.2 Å². The van der Waals surface area contributed by atoms with Gasteiger partial charge in [0.15, 0.2) is 5.82 Å². The Morgan fingerprint density at radius 2 is 2.19 bits per heavy atom. The van der Waals surface area contributed by atoms with Crippen molar-refractivity contribution in [3.8, 4) is 0 Å². The van der Waals surface area contributed by atoms with Gasteiger partial charge in [0.2, 0.25) is 0 Å². The van der Waals surface area contributed by atoms with Crippen LogP contribution in [0.1, 0.15) is 27.6 Å². The first-order valence-corrected chi connectivity index (χ1v) is 4.86. The molecule has 0 radical (unpaired) electrons. The fourth-order valence-electron chi connectivity index (χ4n) is 1.52. The van der Waals surface area contributed by atoms with E-state index in [4.69, 9.17) is 5.11 Å². The minimum absolute atomic E-state index is 0.296. The first kappa shape index (κ1) is 10.4. The number of hydrogen-bond donors (Lipinski definition) is 2. The standard InChI is InChI=1S/C11H11N3O2/c1-7-12-10(14-13-7)6-8-4-2-3-5-9(8)11(15)16/h2-5H,6H2,1H3,(H,15,16)(H,12,13,14). The van der Waals surface area contributed by atoms with E-state index >= 15 is 0 Å². The fourth-order valence-corrected chi connectivity index (χ4v) is 1.52. The molecule has 1 aromatic heterocycles. The molecule has 0 unspecified atom stereocenters. The van der Waals surface area contributed by atoms with Gasteiger partial charge in [0.05, 0.1) is 5.56 Å². The Kier molecular flexibility index (Phi) is 2.68. The Bertz CT molecular complexity index is 519. The van der Waals surface area contributed by atoms with Gasteiger partial charge >= 0.3 is 5.97 Å². The third kappa shape index (κ3) is 2.08. The molecule has 0 aliphatic rings. The molecule has 1 heterocycles. The van der Waals surface area contributed by atoms with Gasteiger partial charge in [0, 0.05) is 6.42 Å². The van der Waals surface area contributed by atoms with Crippen molar-refractivity contribution in [2.45, 2.75) is 13.3 Å². The molecule has 0 aliphatic carbocycles. The number of benzene rings is 1. The van der Waals surface area contributed by atoms with Crippen molar-refractivity contribution in [3.63, 3.8) is 0 Å².